The molecule has 4 aliphatic carbocycles. The Morgan fingerprint density at radius 2 is 1.69 bits per heavy atom. The number of aryl methyl sites for hydroxylation is 1. The summed E-state index contributed by atoms with van der Waals surface area (Å²) in [6, 6.07) is 0.156. The van der Waals surface area contributed by atoms with Gasteiger partial charge in [0.15, 0.2) is 5.69 Å². The van der Waals surface area contributed by atoms with Gasteiger partial charge in [0, 0.05) is 18.8 Å². The van der Waals surface area contributed by atoms with E-state index in [0.29, 0.717) is 12.2 Å². The molecule has 3 N–H and O–H groups in total. The van der Waals surface area contributed by atoms with Gasteiger partial charge in [0.2, 0.25) is 5.91 Å². The number of anilines is 1. The number of aliphatic carboxylic acids is 1. The second kappa shape index (κ2) is 8.16. The third-order valence-corrected chi connectivity index (χ3v) is 7.06. The zero-order chi connectivity index (χ0) is 20.5. The Balaban J connectivity index is 1.53. The average molecular weight is 402 g/mol. The zero-order valence-corrected chi connectivity index (χ0v) is 16.9. The van der Waals surface area contributed by atoms with Crippen LogP contribution in [-0.2, 0) is 16.1 Å². The second-order valence-electron chi connectivity index (χ2n) is 8.76. The highest BCUT2D eigenvalue weighted by molar-refractivity contribution is 6.03. The maximum atomic E-state index is 13.1. The summed E-state index contributed by atoms with van der Waals surface area (Å²) < 4.78 is 1.63. The molecular formula is C21H30N4O4. The molecule has 0 aromatic carbocycles. The van der Waals surface area contributed by atoms with Gasteiger partial charge in [0.1, 0.15) is 0 Å². The number of nitrogens with zero attached hydrogens (tertiary/aromatic N) is 2. The number of carbonyl (C=O) groups excluding carboxylic acids is 2. The van der Waals surface area contributed by atoms with Gasteiger partial charge in [0.05, 0.1) is 17.5 Å². The summed E-state index contributed by atoms with van der Waals surface area (Å²) in [6.45, 7) is 2.49. The van der Waals surface area contributed by atoms with Crippen LogP contribution in [0.2, 0.25) is 0 Å². The molecule has 5 rings (SSSR count). The van der Waals surface area contributed by atoms with Gasteiger partial charge < -0.3 is 15.7 Å². The van der Waals surface area contributed by atoms with E-state index in [2.05, 4.69) is 15.7 Å². The van der Waals surface area contributed by atoms with Crippen molar-refractivity contribution in [2.75, 3.05) is 5.32 Å². The van der Waals surface area contributed by atoms with Gasteiger partial charge in [-0.3, -0.25) is 19.1 Å². The topological polar surface area (TPSA) is 113 Å². The number of carbonyl (C=O) groups is 3. The van der Waals surface area contributed by atoms with Crippen molar-refractivity contribution in [3.8, 4) is 0 Å². The van der Waals surface area contributed by atoms with Crippen LogP contribution < -0.4 is 10.6 Å². The van der Waals surface area contributed by atoms with Crippen molar-refractivity contribution >= 4 is 23.5 Å². The molecule has 0 aliphatic heterocycles. The predicted molar refractivity (Wildman–Crippen MR) is 106 cm³/mol. The van der Waals surface area contributed by atoms with Crippen molar-refractivity contribution in [3.63, 3.8) is 0 Å². The molecule has 2 atom stereocenters. The molecule has 0 saturated heterocycles. The summed E-state index contributed by atoms with van der Waals surface area (Å²) in [5, 5.41) is 20.0. The normalized spacial score (nSPS) is 29.0. The highest BCUT2D eigenvalue weighted by Crippen LogP contribution is 2.49. The lowest BCUT2D eigenvalue weighted by molar-refractivity contribution is -0.156. The van der Waals surface area contributed by atoms with E-state index in [0.717, 1.165) is 51.4 Å². The molecule has 1 aromatic rings. The minimum Gasteiger partial charge on any atom is -0.481 e. The summed E-state index contributed by atoms with van der Waals surface area (Å²) in [4.78, 5) is 37.8. The molecule has 2 bridgehead atoms. The third kappa shape index (κ3) is 3.89. The van der Waals surface area contributed by atoms with Crippen LogP contribution in [0, 0.1) is 23.7 Å². The van der Waals surface area contributed by atoms with Crippen LogP contribution in [0.4, 0.5) is 5.69 Å². The Hall–Kier alpha value is -2.38. The SMILES string of the molecule is CCn1cc(NC(=O)[C@@H]2C3CCC(CC3)[C@@H]2C(=O)O)c(C(=O)NC2CCCC2)n1. The van der Waals surface area contributed by atoms with Gasteiger partial charge in [0.25, 0.3) is 5.91 Å². The maximum Gasteiger partial charge on any atom is 0.307 e. The smallest absolute Gasteiger partial charge is 0.307 e. The van der Waals surface area contributed by atoms with Gasteiger partial charge in [-0.2, -0.15) is 5.10 Å². The van der Waals surface area contributed by atoms with Crippen molar-refractivity contribution in [2.24, 2.45) is 23.7 Å². The van der Waals surface area contributed by atoms with Crippen molar-refractivity contribution in [1.29, 1.82) is 0 Å². The third-order valence-electron chi connectivity index (χ3n) is 7.06. The number of aromatic nitrogens is 2. The molecule has 2 amide bonds. The lowest BCUT2D eigenvalue weighted by Gasteiger charge is -2.45. The molecule has 4 saturated carbocycles. The van der Waals surface area contributed by atoms with E-state index in [9.17, 15) is 19.5 Å². The van der Waals surface area contributed by atoms with E-state index in [1.807, 2.05) is 6.92 Å². The van der Waals surface area contributed by atoms with Crippen LogP contribution in [0.3, 0.4) is 0 Å². The minimum absolute atomic E-state index is 0.0664. The minimum atomic E-state index is -0.886. The molecule has 1 aromatic heterocycles. The number of nitrogens with one attached hydrogen (secondary N) is 2. The monoisotopic (exact) mass is 402 g/mol. The van der Waals surface area contributed by atoms with Crippen LogP contribution in [0.25, 0.3) is 0 Å². The summed E-state index contributed by atoms with van der Waals surface area (Å²) >= 11 is 0. The highest BCUT2D eigenvalue weighted by Gasteiger charge is 2.50. The quantitative estimate of drug-likeness (QED) is 0.677. The van der Waals surface area contributed by atoms with E-state index >= 15 is 0 Å². The number of hydrogen-bond acceptors (Lipinski definition) is 4. The number of hydrogen-bond donors (Lipinski definition) is 3. The van der Waals surface area contributed by atoms with Crippen molar-refractivity contribution in [2.45, 2.75) is 70.9 Å². The molecule has 8 heteroatoms. The fourth-order valence-corrected chi connectivity index (χ4v) is 5.56. The molecule has 0 unspecified atom stereocenters. The Morgan fingerprint density at radius 1 is 1.07 bits per heavy atom. The fraction of sp³-hybridized carbons (Fsp3) is 0.714. The molecule has 8 nitrogen and oxygen atoms in total. The lowest BCUT2D eigenvalue weighted by Crippen LogP contribution is -2.49. The van der Waals surface area contributed by atoms with Gasteiger partial charge in [-0.1, -0.05) is 12.8 Å². The standard InChI is InChI=1S/C21H30N4O4/c1-2-25-11-15(18(24-25)20(27)22-14-5-3-4-6-14)23-19(26)16-12-7-9-13(10-8-12)17(16)21(28)29/h11-14,16-17H,2-10H2,1H3,(H,22,27)(H,23,26)(H,28,29)/t12?,13?,16-,17+/m1/s1. The Bertz CT molecular complexity index is 791. The van der Waals surface area contributed by atoms with E-state index in [-0.39, 0.29) is 35.4 Å². The second-order valence-corrected chi connectivity index (χ2v) is 8.76. The van der Waals surface area contributed by atoms with E-state index in [4.69, 9.17) is 0 Å². The van der Waals surface area contributed by atoms with Crippen LogP contribution in [0.5, 0.6) is 0 Å². The van der Waals surface area contributed by atoms with Gasteiger partial charge in [-0.15, -0.1) is 0 Å². The zero-order valence-electron chi connectivity index (χ0n) is 16.9. The van der Waals surface area contributed by atoms with Crippen molar-refractivity contribution in [3.05, 3.63) is 11.9 Å². The highest BCUT2D eigenvalue weighted by atomic mass is 16.4. The molecule has 0 radical (unpaired) electrons. The van der Waals surface area contributed by atoms with Gasteiger partial charge in [-0.25, -0.2) is 0 Å². The van der Waals surface area contributed by atoms with Gasteiger partial charge >= 0.3 is 5.97 Å². The number of amides is 2. The fourth-order valence-electron chi connectivity index (χ4n) is 5.56. The molecule has 4 aliphatic rings. The summed E-state index contributed by atoms with van der Waals surface area (Å²) in [5.74, 6) is -2.48. The van der Waals surface area contributed by atoms with Crippen LogP contribution in [0.15, 0.2) is 6.20 Å². The Morgan fingerprint density at radius 3 is 2.28 bits per heavy atom. The number of fused-ring (bicyclic) bond motifs is 3. The van der Waals surface area contributed by atoms with E-state index in [1.54, 1.807) is 10.9 Å². The molecule has 0 spiro atoms. The predicted octanol–water partition coefficient (Wildman–Crippen LogP) is 2.65. The summed E-state index contributed by atoms with van der Waals surface area (Å²) in [7, 11) is 0. The first-order valence-electron chi connectivity index (χ1n) is 10.9. The van der Waals surface area contributed by atoms with E-state index in [1.165, 1.54) is 0 Å². The first kappa shape index (κ1) is 19.9. The number of carboxylic acid groups (broad SMARTS) is 1. The number of carboxylic acids is 1. The van der Waals surface area contributed by atoms with Crippen LogP contribution >= 0.6 is 0 Å². The van der Waals surface area contributed by atoms with Crippen molar-refractivity contribution in [1.82, 2.24) is 15.1 Å². The maximum absolute atomic E-state index is 13.1. The summed E-state index contributed by atoms with van der Waals surface area (Å²) in [6.07, 6.45) is 9.38. The van der Waals surface area contributed by atoms with E-state index < -0.39 is 17.8 Å². The first-order valence-corrected chi connectivity index (χ1v) is 10.9. The lowest BCUT2D eigenvalue weighted by atomic mass is 9.58. The van der Waals surface area contributed by atoms with Crippen LogP contribution in [-0.4, -0.2) is 38.7 Å². The Kier molecular flexibility index (Phi) is 5.61. The average Bonchev–Trinajstić information content (AvgIpc) is 3.37. The summed E-state index contributed by atoms with van der Waals surface area (Å²) in [5.41, 5.74) is 0.581. The van der Waals surface area contributed by atoms with Crippen LogP contribution in [0.1, 0.15) is 68.8 Å². The molecule has 4 fully saturated rings. The molecule has 29 heavy (non-hydrogen) atoms. The molecule has 1 heterocycles. The molecule has 158 valence electrons. The first-order chi connectivity index (χ1) is 14.0. The largest absolute Gasteiger partial charge is 0.481 e. The van der Waals surface area contributed by atoms with Gasteiger partial charge in [-0.05, 0) is 57.3 Å². The number of rotatable bonds is 6. The Labute approximate surface area is 170 Å². The molecular weight excluding hydrogens is 372 g/mol. The van der Waals surface area contributed by atoms with Crippen molar-refractivity contribution < 1.29 is 19.5 Å².